The molecular formula is C20H30N2O3. The molecule has 1 aromatic rings. The Labute approximate surface area is 150 Å². The Kier molecular flexibility index (Phi) is 7.76. The summed E-state index contributed by atoms with van der Waals surface area (Å²) in [7, 11) is 0. The van der Waals surface area contributed by atoms with E-state index in [9.17, 15) is 10.1 Å². The minimum Gasteiger partial charge on any atom is -0.498 e. The van der Waals surface area contributed by atoms with Crippen molar-refractivity contribution < 1.29 is 9.77 Å². The second-order valence-electron chi connectivity index (χ2n) is 6.96. The number of nitrogens with zero attached hydrogens (tertiary/aromatic N) is 1. The minimum atomic E-state index is -0.456. The van der Waals surface area contributed by atoms with Crippen LogP contribution in [0.15, 0.2) is 42.2 Å². The lowest BCUT2D eigenvalue weighted by Crippen LogP contribution is -2.35. The average molecular weight is 346 g/mol. The molecule has 25 heavy (non-hydrogen) atoms. The van der Waals surface area contributed by atoms with Crippen molar-refractivity contribution in [2.75, 3.05) is 0 Å². The highest BCUT2D eigenvalue weighted by Crippen LogP contribution is 2.34. The molecule has 1 saturated carbocycles. The highest BCUT2D eigenvalue weighted by Gasteiger charge is 2.23. The number of ether oxygens (including phenoxy) is 1. The summed E-state index contributed by atoms with van der Waals surface area (Å²) in [4.78, 5) is 10.8. The predicted octanol–water partition coefficient (Wildman–Crippen LogP) is 4.97. The van der Waals surface area contributed by atoms with Gasteiger partial charge in [-0.1, -0.05) is 50.1 Å². The van der Waals surface area contributed by atoms with Crippen molar-refractivity contribution in [3.05, 3.63) is 57.8 Å². The van der Waals surface area contributed by atoms with Crippen LogP contribution >= 0.6 is 0 Å². The molecule has 0 heterocycles. The molecular weight excluding hydrogens is 316 g/mol. The van der Waals surface area contributed by atoms with Crippen molar-refractivity contribution in [3.63, 3.8) is 0 Å². The average Bonchev–Trinajstić information content (AvgIpc) is 2.64. The van der Waals surface area contributed by atoms with E-state index in [1.54, 1.807) is 6.26 Å². The van der Waals surface area contributed by atoms with Gasteiger partial charge in [-0.15, -0.1) is 5.43 Å². The Morgan fingerprint density at radius 2 is 2.00 bits per heavy atom. The zero-order valence-corrected chi connectivity index (χ0v) is 15.3. The summed E-state index contributed by atoms with van der Waals surface area (Å²) in [5, 5.41) is 10.3. The minimum absolute atomic E-state index is 0.220. The third-order valence-electron chi connectivity index (χ3n) is 5.05. The van der Waals surface area contributed by atoms with E-state index in [4.69, 9.17) is 4.74 Å². The van der Waals surface area contributed by atoms with Crippen LogP contribution in [0.1, 0.15) is 70.3 Å². The van der Waals surface area contributed by atoms with Gasteiger partial charge in [0.15, 0.2) is 5.03 Å². The Morgan fingerprint density at radius 3 is 2.60 bits per heavy atom. The zero-order chi connectivity index (χ0) is 18.1. The van der Waals surface area contributed by atoms with Crippen molar-refractivity contribution in [3.8, 4) is 0 Å². The number of hydrogen-bond donors (Lipinski definition) is 1. The molecule has 138 valence electrons. The van der Waals surface area contributed by atoms with Crippen LogP contribution in [0.4, 0.5) is 0 Å². The first kappa shape index (κ1) is 19.3. The van der Waals surface area contributed by atoms with Gasteiger partial charge < -0.3 is 4.74 Å². The lowest BCUT2D eigenvalue weighted by molar-refractivity contribution is -0.549. The number of hydrazine groups is 1. The molecule has 1 aliphatic carbocycles. The summed E-state index contributed by atoms with van der Waals surface area (Å²) in [5.74, 6) is 0.625. The molecule has 0 aromatic heterocycles. The van der Waals surface area contributed by atoms with Crippen LogP contribution in [0.2, 0.25) is 0 Å². The van der Waals surface area contributed by atoms with E-state index >= 15 is 0 Å². The first-order valence-electron chi connectivity index (χ1n) is 9.37. The van der Waals surface area contributed by atoms with E-state index < -0.39 is 5.03 Å². The van der Waals surface area contributed by atoms with Gasteiger partial charge in [-0.3, -0.25) is 0 Å². The summed E-state index contributed by atoms with van der Waals surface area (Å²) in [6, 6.07) is 10.4. The normalized spacial score (nSPS) is 22.2. The SMILES string of the molecule is CCCCC(N[N+](=O)[O-])/C(C)=C\OC1CCC(c2ccccc2)CC1. The van der Waals surface area contributed by atoms with E-state index in [1.165, 1.54) is 5.56 Å². The summed E-state index contributed by atoms with van der Waals surface area (Å²) in [6.07, 6.45) is 9.03. The van der Waals surface area contributed by atoms with Crippen molar-refractivity contribution in [2.45, 2.75) is 76.9 Å². The number of nitro groups is 1. The topological polar surface area (TPSA) is 64.4 Å². The van der Waals surface area contributed by atoms with E-state index in [1.807, 2.05) is 6.92 Å². The van der Waals surface area contributed by atoms with Crippen LogP contribution in [0.5, 0.6) is 0 Å². The molecule has 1 aromatic carbocycles. The maximum Gasteiger partial charge on any atom is 0.158 e. The van der Waals surface area contributed by atoms with Crippen molar-refractivity contribution >= 4 is 0 Å². The fourth-order valence-electron chi connectivity index (χ4n) is 3.47. The molecule has 1 atom stereocenters. The lowest BCUT2D eigenvalue weighted by Gasteiger charge is -2.28. The van der Waals surface area contributed by atoms with E-state index in [0.29, 0.717) is 5.92 Å². The fraction of sp³-hybridized carbons (Fsp3) is 0.600. The van der Waals surface area contributed by atoms with Crippen molar-refractivity contribution in [1.29, 1.82) is 0 Å². The maximum absolute atomic E-state index is 10.8. The molecule has 2 rings (SSSR count). The van der Waals surface area contributed by atoms with Gasteiger partial charge in [-0.05, 0) is 56.1 Å². The van der Waals surface area contributed by atoms with Crippen LogP contribution in [0, 0.1) is 10.1 Å². The molecule has 1 fully saturated rings. The number of nitrogens with one attached hydrogen (secondary N) is 1. The van der Waals surface area contributed by atoms with Crippen LogP contribution in [0.25, 0.3) is 0 Å². The summed E-state index contributed by atoms with van der Waals surface area (Å²) >= 11 is 0. The van der Waals surface area contributed by atoms with Crippen LogP contribution in [-0.2, 0) is 4.74 Å². The standard InChI is InChI=1S/C20H30N2O3/c1-3-4-10-20(21-22(23)24)16(2)15-25-19-13-11-18(12-14-19)17-8-6-5-7-9-17/h5-9,15,18-21H,3-4,10-14H2,1-2H3/b16-15-. The quantitative estimate of drug-likeness (QED) is 0.389. The van der Waals surface area contributed by atoms with Gasteiger partial charge in [0.2, 0.25) is 0 Å². The third kappa shape index (κ3) is 6.40. The van der Waals surface area contributed by atoms with Gasteiger partial charge in [0.25, 0.3) is 0 Å². The Morgan fingerprint density at radius 1 is 1.32 bits per heavy atom. The zero-order valence-electron chi connectivity index (χ0n) is 15.3. The molecule has 0 saturated heterocycles. The first-order chi connectivity index (χ1) is 12.1. The smallest absolute Gasteiger partial charge is 0.158 e. The number of benzene rings is 1. The molecule has 1 aliphatic rings. The summed E-state index contributed by atoms with van der Waals surface area (Å²) < 4.78 is 5.95. The van der Waals surface area contributed by atoms with Gasteiger partial charge in [-0.25, -0.2) is 10.1 Å². The molecule has 0 amide bonds. The van der Waals surface area contributed by atoms with Gasteiger partial charge in [0.05, 0.1) is 12.4 Å². The monoisotopic (exact) mass is 346 g/mol. The molecule has 5 nitrogen and oxygen atoms in total. The van der Waals surface area contributed by atoms with E-state index in [0.717, 1.165) is 50.5 Å². The van der Waals surface area contributed by atoms with Gasteiger partial charge in [0.1, 0.15) is 6.04 Å². The summed E-state index contributed by atoms with van der Waals surface area (Å²) in [6.45, 7) is 4.00. The number of unbranched alkanes of at least 4 members (excludes halogenated alkanes) is 1. The Bertz CT molecular complexity index is 551. The van der Waals surface area contributed by atoms with E-state index in [2.05, 4.69) is 42.7 Å². The molecule has 1 unspecified atom stereocenters. The van der Waals surface area contributed by atoms with Crippen molar-refractivity contribution in [1.82, 2.24) is 5.43 Å². The second-order valence-corrected chi connectivity index (χ2v) is 6.96. The molecule has 0 spiro atoms. The largest absolute Gasteiger partial charge is 0.498 e. The molecule has 1 N–H and O–H groups in total. The number of rotatable bonds is 9. The Hall–Kier alpha value is -2.04. The highest BCUT2D eigenvalue weighted by atomic mass is 16.7. The first-order valence-corrected chi connectivity index (χ1v) is 9.37. The van der Waals surface area contributed by atoms with Crippen LogP contribution in [-0.4, -0.2) is 17.2 Å². The molecule has 0 radical (unpaired) electrons. The van der Waals surface area contributed by atoms with Gasteiger partial charge in [-0.2, -0.15) is 0 Å². The van der Waals surface area contributed by atoms with Crippen LogP contribution in [0.3, 0.4) is 0 Å². The molecule has 0 bridgehead atoms. The maximum atomic E-state index is 10.8. The van der Waals surface area contributed by atoms with Crippen molar-refractivity contribution in [2.24, 2.45) is 0 Å². The van der Waals surface area contributed by atoms with Crippen LogP contribution < -0.4 is 5.43 Å². The fourth-order valence-corrected chi connectivity index (χ4v) is 3.47. The van der Waals surface area contributed by atoms with Gasteiger partial charge >= 0.3 is 0 Å². The Balaban J connectivity index is 1.83. The lowest BCUT2D eigenvalue weighted by atomic mass is 9.83. The van der Waals surface area contributed by atoms with E-state index in [-0.39, 0.29) is 12.1 Å². The third-order valence-corrected chi connectivity index (χ3v) is 5.05. The van der Waals surface area contributed by atoms with Gasteiger partial charge in [0, 0.05) is 0 Å². The predicted molar refractivity (Wildman–Crippen MR) is 99.7 cm³/mol. The number of hydrogen-bond acceptors (Lipinski definition) is 3. The molecule has 0 aliphatic heterocycles. The summed E-state index contributed by atoms with van der Waals surface area (Å²) in [5.41, 5.74) is 4.72. The molecule has 5 heteroatoms. The highest BCUT2D eigenvalue weighted by molar-refractivity contribution is 5.20. The second kappa shape index (κ2) is 10.1.